The molecule has 6 aliphatic heterocycles. The van der Waals surface area contributed by atoms with Crippen LogP contribution in [0.4, 0.5) is 34.4 Å². The van der Waals surface area contributed by atoms with E-state index in [9.17, 15) is 19.2 Å². The van der Waals surface area contributed by atoms with Gasteiger partial charge in [-0.3, -0.25) is 29.0 Å². The summed E-state index contributed by atoms with van der Waals surface area (Å²) >= 11 is 0. The van der Waals surface area contributed by atoms with Crippen molar-refractivity contribution in [2.75, 3.05) is 154 Å². The highest BCUT2D eigenvalue weighted by Gasteiger charge is 2.34. The van der Waals surface area contributed by atoms with Crippen molar-refractivity contribution in [3.05, 3.63) is 131 Å². The zero-order valence-corrected chi connectivity index (χ0v) is 50.2. The van der Waals surface area contributed by atoms with Gasteiger partial charge in [0.1, 0.15) is 22.9 Å². The molecule has 4 saturated heterocycles. The molecule has 12 rings (SSSR count). The summed E-state index contributed by atoms with van der Waals surface area (Å²) in [4.78, 5) is 92.6. The molecule has 4 fully saturated rings. The molecular formula is C64H78N14O7. The highest BCUT2D eigenvalue weighted by molar-refractivity contribution is 6.14. The van der Waals surface area contributed by atoms with Gasteiger partial charge in [0.15, 0.2) is 23.1 Å². The van der Waals surface area contributed by atoms with Crippen LogP contribution in [0.2, 0.25) is 0 Å². The molecule has 21 nitrogen and oxygen atoms in total. The number of methoxy groups -OCH3 is 2. The number of carbonyl (C=O) groups is 4. The molecule has 0 saturated carbocycles. The van der Waals surface area contributed by atoms with Crippen molar-refractivity contribution in [3.63, 3.8) is 0 Å². The number of fused-ring (bicyclic) bond motifs is 4. The summed E-state index contributed by atoms with van der Waals surface area (Å²) in [6.07, 6.45) is 8.51. The topological polar surface area (TPSA) is 180 Å². The van der Waals surface area contributed by atoms with Crippen LogP contribution in [0, 0.1) is 0 Å². The maximum absolute atomic E-state index is 13.5. The average Bonchev–Trinajstić information content (AvgIpc) is 3.85. The van der Waals surface area contributed by atoms with Gasteiger partial charge in [-0.2, -0.15) is 4.98 Å². The van der Waals surface area contributed by atoms with E-state index in [1.54, 1.807) is 69.9 Å². The zero-order valence-electron chi connectivity index (χ0n) is 50.2. The third kappa shape index (κ3) is 12.2. The van der Waals surface area contributed by atoms with Gasteiger partial charge in [0.05, 0.1) is 49.1 Å². The minimum Gasteiger partial charge on any atom is -0.496 e. The number of benzene rings is 4. The smallest absolute Gasteiger partial charge is 0.324 e. The van der Waals surface area contributed by atoms with Crippen LogP contribution in [0.5, 0.6) is 23.3 Å². The Hall–Kier alpha value is -8.24. The third-order valence-corrected chi connectivity index (χ3v) is 17.8. The Balaban J connectivity index is 0.000000177. The van der Waals surface area contributed by atoms with E-state index in [1.165, 1.54) is 30.6 Å². The summed E-state index contributed by atoms with van der Waals surface area (Å²) < 4.78 is 17.4. The van der Waals surface area contributed by atoms with E-state index < -0.39 is 0 Å². The predicted molar refractivity (Wildman–Crippen MR) is 328 cm³/mol. The van der Waals surface area contributed by atoms with Crippen molar-refractivity contribution in [1.29, 1.82) is 0 Å². The number of likely N-dealkylation sites (tertiary alicyclic amines) is 2. The fourth-order valence-corrected chi connectivity index (χ4v) is 12.6. The lowest BCUT2D eigenvalue weighted by Crippen LogP contribution is -2.54. The molecule has 0 spiro atoms. The normalized spacial score (nSPS) is 18.4. The molecule has 4 aromatic carbocycles. The van der Waals surface area contributed by atoms with Gasteiger partial charge in [-0.15, -0.1) is 0 Å². The Morgan fingerprint density at radius 3 is 1.56 bits per heavy atom. The highest BCUT2D eigenvalue weighted by atomic mass is 16.5. The van der Waals surface area contributed by atoms with Gasteiger partial charge in [-0.05, 0) is 127 Å². The number of piperidine rings is 2. The molecule has 0 unspecified atom stereocenters. The van der Waals surface area contributed by atoms with Crippen LogP contribution < -0.4 is 33.8 Å². The van der Waals surface area contributed by atoms with Crippen molar-refractivity contribution in [1.82, 2.24) is 49.3 Å². The fourth-order valence-electron chi connectivity index (χ4n) is 12.6. The molecule has 0 N–H and O–H groups in total. The molecule has 8 heterocycles. The molecule has 85 heavy (non-hydrogen) atoms. The number of para-hydroxylation sites is 2. The summed E-state index contributed by atoms with van der Waals surface area (Å²) in [6, 6.07) is 27.2. The van der Waals surface area contributed by atoms with E-state index in [4.69, 9.17) is 19.2 Å². The van der Waals surface area contributed by atoms with Crippen molar-refractivity contribution in [2.45, 2.75) is 51.1 Å². The molecule has 0 bridgehead atoms. The SMILES string of the molecule is CCN1c2ccccc2C(=O)N(C)c2cnc(Cc3ccc(C(=O)N4CCN(C5CCN(C)CC5)CC4)cc3OC)nc21.COc1cc(C(=O)N2CCN(C3CCN(C)CC3)CC2)ccc1Oc1ncc2c(n1)N(C)c1ccccc1C(=O)N2C. The molecule has 21 heteroatoms. The van der Waals surface area contributed by atoms with E-state index in [-0.39, 0.29) is 29.6 Å². The zero-order chi connectivity index (χ0) is 59.5. The minimum absolute atomic E-state index is 0.0165. The van der Waals surface area contributed by atoms with Crippen molar-refractivity contribution >= 4 is 58.0 Å². The predicted octanol–water partition coefficient (Wildman–Crippen LogP) is 7.16. The van der Waals surface area contributed by atoms with Crippen molar-refractivity contribution < 1.29 is 33.4 Å². The Kier molecular flexibility index (Phi) is 17.6. The number of aromatic nitrogens is 4. The van der Waals surface area contributed by atoms with Gasteiger partial charge in [0, 0.05) is 115 Å². The van der Waals surface area contributed by atoms with Crippen LogP contribution in [0.3, 0.4) is 0 Å². The fraction of sp³-hybridized carbons (Fsp3) is 0.438. The van der Waals surface area contributed by atoms with Crippen LogP contribution in [-0.4, -0.2) is 220 Å². The quantitative estimate of drug-likeness (QED) is 0.127. The van der Waals surface area contributed by atoms with Gasteiger partial charge >= 0.3 is 6.01 Å². The van der Waals surface area contributed by atoms with Crippen LogP contribution in [0.1, 0.15) is 85.4 Å². The van der Waals surface area contributed by atoms with Crippen LogP contribution >= 0.6 is 0 Å². The monoisotopic (exact) mass is 1150 g/mol. The maximum atomic E-state index is 13.5. The summed E-state index contributed by atoms with van der Waals surface area (Å²) in [7, 11) is 12.9. The number of piperazine rings is 2. The summed E-state index contributed by atoms with van der Waals surface area (Å²) in [5.74, 6) is 3.07. The first-order valence-electron chi connectivity index (χ1n) is 29.7. The van der Waals surface area contributed by atoms with Gasteiger partial charge in [-0.1, -0.05) is 30.3 Å². The third-order valence-electron chi connectivity index (χ3n) is 17.8. The number of anilines is 6. The largest absolute Gasteiger partial charge is 0.496 e. The number of amides is 4. The summed E-state index contributed by atoms with van der Waals surface area (Å²) in [5, 5.41) is 0. The molecule has 4 amide bonds. The Morgan fingerprint density at radius 1 is 0.518 bits per heavy atom. The Bertz CT molecular complexity index is 3420. The first-order valence-corrected chi connectivity index (χ1v) is 29.7. The van der Waals surface area contributed by atoms with Gasteiger partial charge in [-0.25, -0.2) is 15.0 Å². The maximum Gasteiger partial charge on any atom is 0.324 e. The molecule has 6 aliphatic rings. The molecule has 0 aliphatic carbocycles. The van der Waals surface area contributed by atoms with E-state index >= 15 is 0 Å². The number of carbonyl (C=O) groups excluding carboxylic acids is 4. The van der Waals surface area contributed by atoms with Crippen molar-refractivity contribution in [3.8, 4) is 23.3 Å². The van der Waals surface area contributed by atoms with E-state index in [0.29, 0.717) is 106 Å². The molecule has 446 valence electrons. The number of hydrogen-bond acceptors (Lipinski definition) is 17. The Morgan fingerprint density at radius 2 is 1.01 bits per heavy atom. The van der Waals surface area contributed by atoms with Gasteiger partial charge in [0.25, 0.3) is 23.6 Å². The lowest BCUT2D eigenvalue weighted by atomic mass is 10.0. The minimum atomic E-state index is -0.140. The number of rotatable bonds is 11. The lowest BCUT2D eigenvalue weighted by molar-refractivity contribution is 0.0471. The van der Waals surface area contributed by atoms with Crippen molar-refractivity contribution in [2.24, 2.45) is 0 Å². The van der Waals surface area contributed by atoms with E-state index in [1.807, 2.05) is 89.3 Å². The lowest BCUT2D eigenvalue weighted by Gasteiger charge is -2.42. The summed E-state index contributed by atoms with van der Waals surface area (Å²) in [6.45, 7) is 13.8. The number of nitrogens with zero attached hydrogens (tertiary/aromatic N) is 14. The standard InChI is InChI=1S/C33H41N7O3.C31H37N7O4/c1-5-40-27-9-7-6-8-26(27)33(42)37(3)28-22-34-30(35-31(28)40)21-23-10-11-24(20-29(23)43-4)32(41)39-18-16-38(17-19-39)25-12-14-36(2)15-13-25;1-34-13-11-22(12-14-34)37-15-17-38(18-16-37)29(39)21-9-10-26(27(19-21)41-4)42-31-32-20-25-28(33-31)35(2)24-8-6-5-7-23(24)30(40)36(25)3/h6-11,20,22,25H,5,12-19,21H2,1-4H3;5-10,19-20,22H,11-18H2,1-4H3. The highest BCUT2D eigenvalue weighted by Crippen LogP contribution is 2.41. The number of hydrogen-bond donors (Lipinski definition) is 0. The second-order valence-electron chi connectivity index (χ2n) is 22.8. The van der Waals surface area contributed by atoms with Crippen LogP contribution in [0.15, 0.2) is 97.3 Å². The summed E-state index contributed by atoms with van der Waals surface area (Å²) in [5.41, 5.74) is 6.09. The first-order chi connectivity index (χ1) is 41.2. The van der Waals surface area contributed by atoms with Gasteiger partial charge < -0.3 is 53.4 Å². The molecule has 2 aromatic heterocycles. The van der Waals surface area contributed by atoms with Gasteiger partial charge in [0.2, 0.25) is 0 Å². The average molecular weight is 1160 g/mol. The van der Waals surface area contributed by atoms with E-state index in [2.05, 4.69) is 53.5 Å². The molecule has 6 aromatic rings. The first kappa shape index (κ1) is 58.5. The van der Waals surface area contributed by atoms with E-state index in [0.717, 1.165) is 82.4 Å². The van der Waals surface area contributed by atoms with Crippen LogP contribution in [-0.2, 0) is 6.42 Å². The molecular weight excluding hydrogens is 1080 g/mol. The Labute approximate surface area is 498 Å². The molecule has 0 radical (unpaired) electrons. The molecule has 0 atom stereocenters. The second-order valence-corrected chi connectivity index (χ2v) is 22.8. The second kappa shape index (κ2) is 25.5. The van der Waals surface area contributed by atoms with Crippen LogP contribution in [0.25, 0.3) is 0 Å². The number of ether oxygens (including phenoxy) is 3.